The Hall–Kier alpha value is -1.25. The molecule has 0 heterocycles. The second-order valence-electron chi connectivity index (χ2n) is 3.16. The summed E-state index contributed by atoms with van der Waals surface area (Å²) < 4.78 is 38.8. The number of benzene rings is 1. The lowest BCUT2D eigenvalue weighted by molar-refractivity contribution is 0.00495. The third-order valence-electron chi connectivity index (χ3n) is 1.79. The molecule has 0 unspecified atom stereocenters. The fourth-order valence-corrected chi connectivity index (χ4v) is 1.23. The Morgan fingerprint density at radius 1 is 1.36 bits per heavy atom. The molecule has 0 amide bonds. The molecule has 3 heteroatoms. The average Bonchev–Trinajstić information content (AvgIpc) is 2.02. The fourth-order valence-electron chi connectivity index (χ4n) is 1.23. The molecule has 76 valence electrons. The van der Waals surface area contributed by atoms with Crippen LogP contribution in [0, 0.1) is 5.82 Å². The molecule has 0 radical (unpaired) electrons. The van der Waals surface area contributed by atoms with E-state index in [4.69, 9.17) is 0 Å². The van der Waals surface area contributed by atoms with Crippen LogP contribution in [0.1, 0.15) is 12.0 Å². The van der Waals surface area contributed by atoms with Crippen LogP contribution in [0.2, 0.25) is 0 Å². The molecule has 0 aromatic heterocycles. The number of alkyl halides is 2. The zero-order valence-electron chi connectivity index (χ0n) is 7.64. The van der Waals surface area contributed by atoms with Gasteiger partial charge in [-0.15, -0.1) is 6.58 Å². The fraction of sp³-hybridized carbons (Fsp3) is 0.273. The summed E-state index contributed by atoms with van der Waals surface area (Å²) in [6.07, 6.45) is 0.333. The summed E-state index contributed by atoms with van der Waals surface area (Å²) in [5.74, 6) is -3.33. The lowest BCUT2D eigenvalue weighted by Gasteiger charge is -2.13. The van der Waals surface area contributed by atoms with Crippen LogP contribution in [-0.4, -0.2) is 5.92 Å². The predicted molar refractivity (Wildman–Crippen MR) is 49.9 cm³/mol. The molecule has 1 aromatic rings. The van der Waals surface area contributed by atoms with E-state index in [1.165, 1.54) is 24.3 Å². The van der Waals surface area contributed by atoms with Crippen molar-refractivity contribution in [2.75, 3.05) is 0 Å². The minimum absolute atomic E-state index is 0.303. The maximum Gasteiger partial charge on any atom is 0.255 e. The smallest absolute Gasteiger partial charge is 0.207 e. The van der Waals surface area contributed by atoms with E-state index in [9.17, 15) is 13.2 Å². The monoisotopic (exact) mass is 200 g/mol. The van der Waals surface area contributed by atoms with Gasteiger partial charge in [-0.3, -0.25) is 0 Å². The summed E-state index contributed by atoms with van der Waals surface area (Å²) in [7, 11) is 0. The highest BCUT2D eigenvalue weighted by molar-refractivity contribution is 5.17. The topological polar surface area (TPSA) is 0 Å². The molecule has 0 aliphatic rings. The van der Waals surface area contributed by atoms with E-state index in [0.717, 1.165) is 6.07 Å². The molecule has 0 aliphatic carbocycles. The van der Waals surface area contributed by atoms with E-state index in [1.807, 2.05) is 0 Å². The van der Waals surface area contributed by atoms with Gasteiger partial charge in [-0.05, 0) is 17.7 Å². The van der Waals surface area contributed by atoms with Gasteiger partial charge in [-0.1, -0.05) is 18.2 Å². The van der Waals surface area contributed by atoms with Gasteiger partial charge in [0.2, 0.25) is 0 Å². The Labute approximate surface area is 81.1 Å². The highest BCUT2D eigenvalue weighted by Crippen LogP contribution is 2.24. The van der Waals surface area contributed by atoms with Crippen molar-refractivity contribution in [2.45, 2.75) is 18.8 Å². The highest BCUT2D eigenvalue weighted by atomic mass is 19.3. The molecule has 0 bridgehead atoms. The van der Waals surface area contributed by atoms with Crippen LogP contribution in [0.25, 0.3) is 0 Å². The molecular formula is C11H11F3. The SMILES string of the molecule is C=CCC(F)(F)Cc1cccc(F)c1. The normalized spacial score (nSPS) is 11.4. The van der Waals surface area contributed by atoms with E-state index in [0.29, 0.717) is 5.56 Å². The first-order valence-corrected chi connectivity index (χ1v) is 4.27. The summed E-state index contributed by atoms with van der Waals surface area (Å²) >= 11 is 0. The first-order valence-electron chi connectivity index (χ1n) is 4.27. The zero-order chi connectivity index (χ0) is 10.6. The van der Waals surface area contributed by atoms with Crippen molar-refractivity contribution in [2.24, 2.45) is 0 Å². The largest absolute Gasteiger partial charge is 0.255 e. The summed E-state index contributed by atoms with van der Waals surface area (Å²) in [5, 5.41) is 0. The van der Waals surface area contributed by atoms with Crippen molar-refractivity contribution in [3.05, 3.63) is 48.3 Å². The average molecular weight is 200 g/mol. The molecule has 1 rings (SSSR count). The molecule has 0 atom stereocenters. The van der Waals surface area contributed by atoms with E-state index in [-0.39, 0.29) is 6.42 Å². The number of hydrogen-bond donors (Lipinski definition) is 0. The van der Waals surface area contributed by atoms with Gasteiger partial charge in [0.15, 0.2) is 0 Å². The van der Waals surface area contributed by atoms with Gasteiger partial charge < -0.3 is 0 Å². The Morgan fingerprint density at radius 2 is 2.07 bits per heavy atom. The third-order valence-corrected chi connectivity index (χ3v) is 1.79. The predicted octanol–water partition coefficient (Wildman–Crippen LogP) is 3.58. The molecule has 0 aliphatic heterocycles. The second kappa shape index (κ2) is 4.31. The Bertz CT molecular complexity index is 318. The number of hydrogen-bond acceptors (Lipinski definition) is 0. The lowest BCUT2D eigenvalue weighted by atomic mass is 10.0. The maximum absolute atomic E-state index is 13.0. The summed E-state index contributed by atoms with van der Waals surface area (Å²) in [5.41, 5.74) is 0.303. The Kier molecular flexibility index (Phi) is 3.33. The maximum atomic E-state index is 13.0. The van der Waals surface area contributed by atoms with Crippen LogP contribution in [0.15, 0.2) is 36.9 Å². The molecule has 0 saturated heterocycles. The van der Waals surface area contributed by atoms with Crippen molar-refractivity contribution >= 4 is 0 Å². The van der Waals surface area contributed by atoms with E-state index >= 15 is 0 Å². The number of allylic oxidation sites excluding steroid dienone is 1. The summed E-state index contributed by atoms with van der Waals surface area (Å²) in [6, 6.07) is 5.26. The highest BCUT2D eigenvalue weighted by Gasteiger charge is 2.27. The summed E-state index contributed by atoms with van der Waals surface area (Å²) in [6.45, 7) is 3.25. The van der Waals surface area contributed by atoms with E-state index < -0.39 is 18.2 Å². The molecule has 0 saturated carbocycles. The van der Waals surface area contributed by atoms with Gasteiger partial charge in [0.05, 0.1) is 0 Å². The van der Waals surface area contributed by atoms with Crippen LogP contribution in [-0.2, 0) is 6.42 Å². The van der Waals surface area contributed by atoms with Crippen molar-refractivity contribution in [3.8, 4) is 0 Å². The van der Waals surface area contributed by atoms with E-state index in [1.54, 1.807) is 0 Å². The van der Waals surface area contributed by atoms with Crippen molar-refractivity contribution < 1.29 is 13.2 Å². The molecule has 0 N–H and O–H groups in total. The summed E-state index contributed by atoms with van der Waals surface area (Å²) in [4.78, 5) is 0. The second-order valence-corrected chi connectivity index (χ2v) is 3.16. The lowest BCUT2D eigenvalue weighted by Crippen LogP contribution is -2.18. The van der Waals surface area contributed by atoms with Gasteiger partial charge in [0.25, 0.3) is 5.92 Å². The minimum atomic E-state index is -2.84. The molecular weight excluding hydrogens is 189 g/mol. The van der Waals surface area contributed by atoms with Crippen LogP contribution in [0.5, 0.6) is 0 Å². The van der Waals surface area contributed by atoms with Gasteiger partial charge in [-0.2, -0.15) is 0 Å². The van der Waals surface area contributed by atoms with Gasteiger partial charge in [-0.25, -0.2) is 13.2 Å². The Morgan fingerprint density at radius 3 is 2.64 bits per heavy atom. The molecule has 1 aromatic carbocycles. The number of halogens is 3. The van der Waals surface area contributed by atoms with Crippen molar-refractivity contribution in [3.63, 3.8) is 0 Å². The Balaban J connectivity index is 2.72. The molecule has 0 spiro atoms. The van der Waals surface area contributed by atoms with Crippen LogP contribution in [0.3, 0.4) is 0 Å². The van der Waals surface area contributed by atoms with E-state index in [2.05, 4.69) is 6.58 Å². The van der Waals surface area contributed by atoms with Crippen molar-refractivity contribution in [1.29, 1.82) is 0 Å². The van der Waals surface area contributed by atoms with Crippen LogP contribution < -0.4 is 0 Å². The molecule has 0 fully saturated rings. The standard InChI is InChI=1S/C11H11F3/c1-2-6-11(13,14)8-9-4-3-5-10(12)7-9/h2-5,7H,1,6,8H2. The quantitative estimate of drug-likeness (QED) is 0.651. The zero-order valence-corrected chi connectivity index (χ0v) is 7.64. The first kappa shape index (κ1) is 10.8. The molecule has 14 heavy (non-hydrogen) atoms. The van der Waals surface area contributed by atoms with Gasteiger partial charge in [0.1, 0.15) is 5.82 Å². The first-order chi connectivity index (χ1) is 6.53. The van der Waals surface area contributed by atoms with Gasteiger partial charge >= 0.3 is 0 Å². The third kappa shape index (κ3) is 3.24. The van der Waals surface area contributed by atoms with Crippen LogP contribution >= 0.6 is 0 Å². The number of rotatable bonds is 4. The van der Waals surface area contributed by atoms with Crippen molar-refractivity contribution in [1.82, 2.24) is 0 Å². The van der Waals surface area contributed by atoms with Gasteiger partial charge in [0, 0.05) is 12.8 Å². The van der Waals surface area contributed by atoms with Crippen LogP contribution in [0.4, 0.5) is 13.2 Å². The molecule has 0 nitrogen and oxygen atoms in total. The minimum Gasteiger partial charge on any atom is -0.207 e.